The number of rotatable bonds is 6. The lowest BCUT2D eigenvalue weighted by molar-refractivity contribution is -0.116. The molecule has 1 saturated carbocycles. The minimum Gasteiger partial charge on any atom is -0.349 e. The van der Waals surface area contributed by atoms with Gasteiger partial charge in [-0.05, 0) is 49.2 Å². The average molecular weight is 420 g/mol. The van der Waals surface area contributed by atoms with E-state index in [0.717, 1.165) is 30.4 Å². The van der Waals surface area contributed by atoms with Crippen LogP contribution in [0.25, 0.3) is 10.8 Å². The predicted molar refractivity (Wildman–Crippen MR) is 118 cm³/mol. The van der Waals surface area contributed by atoms with Crippen LogP contribution in [0.5, 0.6) is 0 Å². The molecule has 0 saturated heterocycles. The van der Waals surface area contributed by atoms with Gasteiger partial charge in [0.2, 0.25) is 5.91 Å². The minimum absolute atomic E-state index is 0.0120. The smallest absolute Gasteiger partial charge is 0.273 e. The van der Waals surface area contributed by atoms with Gasteiger partial charge in [-0.1, -0.05) is 25.0 Å². The Bertz CT molecular complexity index is 1220. The van der Waals surface area contributed by atoms with E-state index in [2.05, 4.69) is 15.7 Å². The molecule has 3 N–H and O–H groups in total. The first-order valence-corrected chi connectivity index (χ1v) is 10.4. The molecule has 1 fully saturated rings. The van der Waals surface area contributed by atoms with E-state index in [1.807, 2.05) is 0 Å². The molecule has 2 amide bonds. The van der Waals surface area contributed by atoms with Crippen molar-refractivity contribution in [2.45, 2.75) is 44.7 Å². The summed E-state index contributed by atoms with van der Waals surface area (Å²) in [6.45, 7) is 0.0482. The second kappa shape index (κ2) is 8.99. The zero-order valence-corrected chi connectivity index (χ0v) is 17.0. The zero-order chi connectivity index (χ0) is 21.8. The summed E-state index contributed by atoms with van der Waals surface area (Å²) in [5.74, 6) is -0.409. The number of benzene rings is 2. The Hall–Kier alpha value is -3.68. The molecule has 4 rings (SSSR count). The number of carbonyl (C=O) groups excluding carboxylic acids is 2. The number of H-pyrrole nitrogens is 1. The van der Waals surface area contributed by atoms with Crippen LogP contribution < -0.4 is 21.8 Å². The summed E-state index contributed by atoms with van der Waals surface area (Å²) in [4.78, 5) is 49.2. The molecule has 8 heteroatoms. The lowest BCUT2D eigenvalue weighted by Crippen LogP contribution is -2.32. The van der Waals surface area contributed by atoms with E-state index >= 15 is 0 Å². The third-order valence-electron chi connectivity index (χ3n) is 5.57. The fraction of sp³-hybridized carbons (Fsp3) is 0.304. The Kier molecular flexibility index (Phi) is 5.97. The maximum absolute atomic E-state index is 12.5. The van der Waals surface area contributed by atoms with Crippen LogP contribution >= 0.6 is 0 Å². The van der Waals surface area contributed by atoms with Crippen molar-refractivity contribution in [2.24, 2.45) is 0 Å². The van der Waals surface area contributed by atoms with Crippen molar-refractivity contribution in [3.63, 3.8) is 0 Å². The average Bonchev–Trinajstić information content (AvgIpc) is 3.29. The summed E-state index contributed by atoms with van der Waals surface area (Å²) < 4.78 is 1.15. The number of amides is 2. The van der Waals surface area contributed by atoms with E-state index in [0.29, 0.717) is 22.0 Å². The topological polar surface area (TPSA) is 113 Å². The summed E-state index contributed by atoms with van der Waals surface area (Å²) in [7, 11) is 0. The number of aryl methyl sites for hydroxylation is 1. The van der Waals surface area contributed by atoms with Gasteiger partial charge in [-0.3, -0.25) is 24.3 Å². The van der Waals surface area contributed by atoms with Crippen LogP contribution in [0.15, 0.2) is 58.1 Å². The van der Waals surface area contributed by atoms with Crippen LogP contribution in [0.1, 0.15) is 42.5 Å². The molecule has 1 aliphatic carbocycles. The van der Waals surface area contributed by atoms with E-state index in [1.54, 1.807) is 48.5 Å². The molecule has 0 radical (unpaired) electrons. The molecular formula is C23H24N4O4. The Morgan fingerprint density at radius 1 is 0.968 bits per heavy atom. The molecule has 160 valence electrons. The Labute approximate surface area is 178 Å². The van der Waals surface area contributed by atoms with Gasteiger partial charge in [0.1, 0.15) is 0 Å². The fourth-order valence-corrected chi connectivity index (χ4v) is 3.88. The molecule has 1 aliphatic rings. The fourth-order valence-electron chi connectivity index (χ4n) is 3.88. The van der Waals surface area contributed by atoms with Crippen LogP contribution in [0, 0.1) is 0 Å². The lowest BCUT2D eigenvalue weighted by Gasteiger charge is -2.12. The maximum Gasteiger partial charge on any atom is 0.273 e. The first-order valence-electron chi connectivity index (χ1n) is 10.4. The highest BCUT2D eigenvalue weighted by Crippen LogP contribution is 2.18. The van der Waals surface area contributed by atoms with E-state index in [-0.39, 0.29) is 41.9 Å². The van der Waals surface area contributed by atoms with Gasteiger partial charge < -0.3 is 10.6 Å². The van der Waals surface area contributed by atoms with Crippen molar-refractivity contribution in [1.29, 1.82) is 0 Å². The van der Waals surface area contributed by atoms with Gasteiger partial charge in [-0.25, -0.2) is 4.68 Å². The standard InChI is InChI=1S/C23H24N4O4/c28-20(13-14-27-23(31)19-8-4-3-7-18(19)22(30)26-27)24-17-11-9-15(10-12-17)21(29)25-16-5-1-2-6-16/h3-4,7-12,16H,1-2,5-6,13-14H2,(H,24,28)(H,25,29)(H,26,30). The highest BCUT2D eigenvalue weighted by Gasteiger charge is 2.18. The van der Waals surface area contributed by atoms with E-state index < -0.39 is 0 Å². The number of nitrogens with zero attached hydrogens (tertiary/aromatic N) is 1. The third-order valence-corrected chi connectivity index (χ3v) is 5.57. The molecule has 0 aliphatic heterocycles. The summed E-state index contributed by atoms with van der Waals surface area (Å²) in [6.07, 6.45) is 4.35. The molecule has 3 aromatic rings. The monoisotopic (exact) mass is 420 g/mol. The van der Waals surface area contributed by atoms with E-state index in [4.69, 9.17) is 0 Å². The molecule has 0 unspecified atom stereocenters. The van der Waals surface area contributed by atoms with Crippen molar-refractivity contribution in [3.8, 4) is 0 Å². The Balaban J connectivity index is 1.35. The summed E-state index contributed by atoms with van der Waals surface area (Å²) >= 11 is 0. The Morgan fingerprint density at radius 3 is 2.35 bits per heavy atom. The summed E-state index contributed by atoms with van der Waals surface area (Å²) in [6, 6.07) is 13.5. The van der Waals surface area contributed by atoms with Gasteiger partial charge in [0.25, 0.3) is 17.0 Å². The number of carbonyl (C=O) groups is 2. The number of aromatic amines is 1. The van der Waals surface area contributed by atoms with Crippen molar-refractivity contribution in [2.75, 3.05) is 5.32 Å². The van der Waals surface area contributed by atoms with Gasteiger partial charge in [-0.15, -0.1) is 0 Å². The molecule has 0 bridgehead atoms. The van der Waals surface area contributed by atoms with E-state index in [1.165, 1.54) is 0 Å². The van der Waals surface area contributed by atoms with Crippen molar-refractivity contribution < 1.29 is 9.59 Å². The first-order chi connectivity index (χ1) is 15.0. The van der Waals surface area contributed by atoms with Crippen molar-refractivity contribution >= 4 is 28.3 Å². The molecule has 2 aromatic carbocycles. The molecule has 1 heterocycles. The van der Waals surface area contributed by atoms with Crippen LogP contribution in [0.4, 0.5) is 5.69 Å². The van der Waals surface area contributed by atoms with Crippen LogP contribution in [-0.2, 0) is 11.3 Å². The van der Waals surface area contributed by atoms with Gasteiger partial charge in [0.05, 0.1) is 17.3 Å². The molecule has 31 heavy (non-hydrogen) atoms. The van der Waals surface area contributed by atoms with E-state index in [9.17, 15) is 19.2 Å². The quantitative estimate of drug-likeness (QED) is 0.568. The van der Waals surface area contributed by atoms with Gasteiger partial charge >= 0.3 is 0 Å². The largest absolute Gasteiger partial charge is 0.349 e. The number of aromatic nitrogens is 2. The molecule has 0 atom stereocenters. The predicted octanol–water partition coefficient (Wildman–Crippen LogP) is 2.39. The summed E-state index contributed by atoms with van der Waals surface area (Å²) in [5, 5.41) is 8.93. The SMILES string of the molecule is O=C(CCn1[nH]c(=O)c2ccccc2c1=O)Nc1ccc(C(=O)NC2CCCC2)cc1. The normalized spacial score (nSPS) is 13.9. The number of fused-ring (bicyclic) bond motifs is 1. The van der Waals surface area contributed by atoms with Crippen molar-refractivity contribution in [1.82, 2.24) is 15.1 Å². The Morgan fingerprint density at radius 2 is 1.65 bits per heavy atom. The lowest BCUT2D eigenvalue weighted by atomic mass is 10.1. The number of nitrogens with one attached hydrogen (secondary N) is 3. The van der Waals surface area contributed by atoms with Gasteiger partial charge in [0, 0.05) is 23.7 Å². The first kappa shape index (κ1) is 20.6. The molecular weight excluding hydrogens is 396 g/mol. The number of hydrogen-bond acceptors (Lipinski definition) is 4. The van der Waals surface area contributed by atoms with Crippen molar-refractivity contribution in [3.05, 3.63) is 74.8 Å². The highest BCUT2D eigenvalue weighted by atomic mass is 16.2. The number of anilines is 1. The molecule has 8 nitrogen and oxygen atoms in total. The van der Waals surface area contributed by atoms with Crippen LogP contribution in [0.3, 0.4) is 0 Å². The van der Waals surface area contributed by atoms with Crippen LogP contribution in [-0.4, -0.2) is 27.6 Å². The van der Waals surface area contributed by atoms with Gasteiger partial charge in [0.15, 0.2) is 0 Å². The minimum atomic E-state index is -0.373. The number of hydrogen-bond donors (Lipinski definition) is 3. The highest BCUT2D eigenvalue weighted by molar-refractivity contribution is 5.96. The zero-order valence-electron chi connectivity index (χ0n) is 17.0. The maximum atomic E-state index is 12.5. The second-order valence-electron chi connectivity index (χ2n) is 7.77. The molecule has 1 aromatic heterocycles. The van der Waals surface area contributed by atoms with Gasteiger partial charge in [-0.2, -0.15) is 0 Å². The third kappa shape index (κ3) is 4.74. The molecule has 0 spiro atoms. The summed E-state index contributed by atoms with van der Waals surface area (Å²) in [5.41, 5.74) is 0.384. The second-order valence-corrected chi connectivity index (χ2v) is 7.77. The van der Waals surface area contributed by atoms with Crippen LogP contribution in [0.2, 0.25) is 0 Å².